The average molecular weight is 342 g/mol. The van der Waals surface area contributed by atoms with Crippen LogP contribution in [0.3, 0.4) is 0 Å². The first kappa shape index (κ1) is 17.7. The number of hydrogen-bond acceptors (Lipinski definition) is 2. The van der Waals surface area contributed by atoms with Gasteiger partial charge in [0.15, 0.2) is 0 Å². The first-order chi connectivity index (χ1) is 9.63. The third-order valence-electron chi connectivity index (χ3n) is 3.25. The Morgan fingerprint density at radius 1 is 1.20 bits per heavy atom. The van der Waals surface area contributed by atoms with Gasteiger partial charge in [0.2, 0.25) is 0 Å². The Hall–Kier alpha value is -0.380. The molecule has 0 amide bonds. The van der Waals surface area contributed by atoms with E-state index in [1.54, 1.807) is 0 Å². The molecule has 0 spiro atoms. The van der Waals surface area contributed by atoms with E-state index in [0.29, 0.717) is 6.04 Å². The fourth-order valence-corrected chi connectivity index (χ4v) is 2.49. The molecule has 0 heterocycles. The molecule has 0 aromatic heterocycles. The molecule has 0 aliphatic carbocycles. The van der Waals surface area contributed by atoms with E-state index in [1.165, 1.54) is 24.8 Å². The van der Waals surface area contributed by atoms with Crippen molar-refractivity contribution in [2.24, 2.45) is 0 Å². The van der Waals surface area contributed by atoms with Crippen LogP contribution >= 0.6 is 15.9 Å². The summed E-state index contributed by atoms with van der Waals surface area (Å²) in [7, 11) is 0. The summed E-state index contributed by atoms with van der Waals surface area (Å²) in [6.07, 6.45) is 5.12. The van der Waals surface area contributed by atoms with Crippen LogP contribution in [0.1, 0.15) is 58.1 Å². The van der Waals surface area contributed by atoms with Crippen LogP contribution in [0.15, 0.2) is 28.7 Å². The maximum absolute atomic E-state index is 6.10. The predicted molar refractivity (Wildman–Crippen MR) is 90.1 cm³/mol. The summed E-state index contributed by atoms with van der Waals surface area (Å²) in [5, 5.41) is 3.48. The van der Waals surface area contributed by atoms with Crippen molar-refractivity contribution in [3.05, 3.63) is 34.3 Å². The molecule has 2 nitrogen and oxygen atoms in total. The van der Waals surface area contributed by atoms with Gasteiger partial charge in [-0.1, -0.05) is 68.1 Å². The summed E-state index contributed by atoms with van der Waals surface area (Å²) in [6, 6.07) is 8.90. The highest BCUT2D eigenvalue weighted by atomic mass is 79.9. The van der Waals surface area contributed by atoms with Crippen molar-refractivity contribution in [1.29, 1.82) is 0 Å². The molecular weight excluding hydrogens is 314 g/mol. The number of benzene rings is 1. The standard InChI is InChI=1S/C17H28BrNO/c1-4-5-6-7-11-20-17(13-19-14(2)3)15-9-8-10-16(18)12-15/h8-10,12,14,17,19H,4-7,11,13H2,1-3H3. The minimum Gasteiger partial charge on any atom is -0.372 e. The van der Waals surface area contributed by atoms with Gasteiger partial charge in [-0.3, -0.25) is 0 Å². The number of halogens is 1. The van der Waals surface area contributed by atoms with Gasteiger partial charge in [0.05, 0.1) is 6.10 Å². The molecule has 1 N–H and O–H groups in total. The molecule has 114 valence electrons. The monoisotopic (exact) mass is 341 g/mol. The molecule has 3 heteroatoms. The predicted octanol–water partition coefficient (Wildman–Crippen LogP) is 5.09. The first-order valence-corrected chi connectivity index (χ1v) is 8.53. The second-order valence-electron chi connectivity index (χ2n) is 5.54. The largest absolute Gasteiger partial charge is 0.372 e. The van der Waals surface area contributed by atoms with Crippen LogP contribution in [0.2, 0.25) is 0 Å². The zero-order chi connectivity index (χ0) is 14.8. The molecule has 1 rings (SSSR count). The van der Waals surface area contributed by atoms with Crippen molar-refractivity contribution in [2.75, 3.05) is 13.2 Å². The summed E-state index contributed by atoms with van der Waals surface area (Å²) in [5.74, 6) is 0. The smallest absolute Gasteiger partial charge is 0.0949 e. The molecule has 0 aliphatic heterocycles. The van der Waals surface area contributed by atoms with Crippen LogP contribution in [0.5, 0.6) is 0 Å². The van der Waals surface area contributed by atoms with E-state index >= 15 is 0 Å². The Labute approximate surface area is 132 Å². The van der Waals surface area contributed by atoms with Crippen molar-refractivity contribution in [2.45, 2.75) is 58.6 Å². The third-order valence-corrected chi connectivity index (χ3v) is 3.74. The number of hydrogen-bond donors (Lipinski definition) is 1. The highest BCUT2D eigenvalue weighted by Gasteiger charge is 2.12. The molecule has 0 radical (unpaired) electrons. The zero-order valence-corrected chi connectivity index (χ0v) is 14.6. The van der Waals surface area contributed by atoms with Crippen LogP contribution in [-0.2, 0) is 4.74 Å². The molecule has 0 aliphatic rings. The van der Waals surface area contributed by atoms with E-state index in [-0.39, 0.29) is 6.10 Å². The number of nitrogens with one attached hydrogen (secondary N) is 1. The Bertz CT molecular complexity index is 368. The van der Waals surface area contributed by atoms with Gasteiger partial charge in [-0.2, -0.15) is 0 Å². The summed E-state index contributed by atoms with van der Waals surface area (Å²) in [5.41, 5.74) is 1.24. The lowest BCUT2D eigenvalue weighted by Crippen LogP contribution is -2.29. The molecule has 0 saturated carbocycles. The summed E-state index contributed by atoms with van der Waals surface area (Å²) >= 11 is 3.54. The van der Waals surface area contributed by atoms with Crippen molar-refractivity contribution >= 4 is 15.9 Å². The van der Waals surface area contributed by atoms with E-state index in [1.807, 2.05) is 0 Å². The fourth-order valence-electron chi connectivity index (χ4n) is 2.08. The zero-order valence-electron chi connectivity index (χ0n) is 13.0. The van der Waals surface area contributed by atoms with Crippen molar-refractivity contribution < 1.29 is 4.74 Å². The maximum atomic E-state index is 6.10. The van der Waals surface area contributed by atoms with Crippen molar-refractivity contribution in [1.82, 2.24) is 5.32 Å². The number of rotatable bonds is 10. The molecule has 1 aromatic rings. The van der Waals surface area contributed by atoms with E-state index in [0.717, 1.165) is 24.0 Å². The van der Waals surface area contributed by atoms with Crippen molar-refractivity contribution in [3.8, 4) is 0 Å². The highest BCUT2D eigenvalue weighted by Crippen LogP contribution is 2.21. The van der Waals surface area contributed by atoms with Crippen LogP contribution in [0.25, 0.3) is 0 Å². The Morgan fingerprint density at radius 2 is 2.00 bits per heavy atom. The Balaban J connectivity index is 2.51. The van der Waals surface area contributed by atoms with Gasteiger partial charge in [-0.05, 0) is 24.1 Å². The molecule has 1 aromatic carbocycles. The van der Waals surface area contributed by atoms with Gasteiger partial charge in [0.1, 0.15) is 0 Å². The van der Waals surface area contributed by atoms with Crippen LogP contribution in [0, 0.1) is 0 Å². The van der Waals surface area contributed by atoms with Gasteiger partial charge in [0, 0.05) is 23.7 Å². The molecule has 1 atom stereocenters. The Kier molecular flexibility index (Phi) is 9.16. The van der Waals surface area contributed by atoms with Crippen LogP contribution < -0.4 is 5.32 Å². The van der Waals surface area contributed by atoms with E-state index in [2.05, 4.69) is 66.3 Å². The third kappa shape index (κ3) is 7.41. The summed E-state index contributed by atoms with van der Waals surface area (Å²) < 4.78 is 7.21. The second-order valence-corrected chi connectivity index (χ2v) is 6.45. The van der Waals surface area contributed by atoms with Gasteiger partial charge in [-0.15, -0.1) is 0 Å². The molecule has 0 bridgehead atoms. The summed E-state index contributed by atoms with van der Waals surface area (Å²) in [4.78, 5) is 0. The SMILES string of the molecule is CCCCCCOC(CNC(C)C)c1cccc(Br)c1. The minimum absolute atomic E-state index is 0.136. The number of ether oxygens (including phenoxy) is 1. The van der Waals surface area contributed by atoms with Crippen LogP contribution in [0.4, 0.5) is 0 Å². The first-order valence-electron chi connectivity index (χ1n) is 7.74. The van der Waals surface area contributed by atoms with E-state index in [4.69, 9.17) is 4.74 Å². The van der Waals surface area contributed by atoms with Gasteiger partial charge in [0.25, 0.3) is 0 Å². The fraction of sp³-hybridized carbons (Fsp3) is 0.647. The van der Waals surface area contributed by atoms with E-state index < -0.39 is 0 Å². The topological polar surface area (TPSA) is 21.3 Å². The molecular formula is C17H28BrNO. The molecule has 20 heavy (non-hydrogen) atoms. The normalized spacial score (nSPS) is 12.8. The Morgan fingerprint density at radius 3 is 2.65 bits per heavy atom. The van der Waals surface area contributed by atoms with Crippen molar-refractivity contribution in [3.63, 3.8) is 0 Å². The maximum Gasteiger partial charge on any atom is 0.0949 e. The van der Waals surface area contributed by atoms with Gasteiger partial charge in [-0.25, -0.2) is 0 Å². The average Bonchev–Trinajstić information content (AvgIpc) is 2.41. The molecule has 0 fully saturated rings. The lowest BCUT2D eigenvalue weighted by molar-refractivity contribution is 0.0486. The molecule has 1 unspecified atom stereocenters. The lowest BCUT2D eigenvalue weighted by Gasteiger charge is -2.21. The minimum atomic E-state index is 0.136. The summed E-state index contributed by atoms with van der Waals surface area (Å²) in [6.45, 7) is 8.27. The second kappa shape index (κ2) is 10.4. The highest BCUT2D eigenvalue weighted by molar-refractivity contribution is 9.10. The number of unbranched alkanes of at least 4 members (excludes halogenated alkanes) is 3. The van der Waals surface area contributed by atoms with E-state index in [9.17, 15) is 0 Å². The van der Waals surface area contributed by atoms with Gasteiger partial charge >= 0.3 is 0 Å². The lowest BCUT2D eigenvalue weighted by atomic mass is 10.1. The molecule has 0 saturated heterocycles. The van der Waals surface area contributed by atoms with Crippen LogP contribution in [-0.4, -0.2) is 19.2 Å². The van der Waals surface area contributed by atoms with Gasteiger partial charge < -0.3 is 10.1 Å². The quantitative estimate of drug-likeness (QED) is 0.598.